The Bertz CT molecular complexity index is 504. The number of methoxy groups -OCH3 is 1. The molecule has 1 heterocycles. The number of hydrogen-bond donors (Lipinski definition) is 1. The largest absolute Gasteiger partial charge is 0.497 e. The van der Waals surface area contributed by atoms with Crippen LogP contribution in [0.3, 0.4) is 0 Å². The smallest absolute Gasteiger partial charge is 0.118 e. The highest BCUT2D eigenvalue weighted by Crippen LogP contribution is 2.36. The van der Waals surface area contributed by atoms with E-state index in [4.69, 9.17) is 22.1 Å². The van der Waals surface area contributed by atoms with E-state index < -0.39 is 5.54 Å². The van der Waals surface area contributed by atoms with E-state index in [1.54, 1.807) is 18.4 Å². The molecule has 1 aromatic heterocycles. The molecule has 2 nitrogen and oxygen atoms in total. The van der Waals surface area contributed by atoms with Crippen LogP contribution < -0.4 is 10.5 Å². The van der Waals surface area contributed by atoms with Gasteiger partial charge in [-0.3, -0.25) is 0 Å². The molecule has 4 heteroatoms. The molecule has 1 atom stereocenters. The highest BCUT2D eigenvalue weighted by atomic mass is 35.5. The lowest BCUT2D eigenvalue weighted by Crippen LogP contribution is -2.33. The van der Waals surface area contributed by atoms with Crippen LogP contribution in [0.4, 0.5) is 0 Å². The molecule has 0 aliphatic carbocycles. The van der Waals surface area contributed by atoms with Crippen LogP contribution in [0.15, 0.2) is 35.7 Å². The van der Waals surface area contributed by atoms with E-state index in [9.17, 15) is 0 Å². The summed E-state index contributed by atoms with van der Waals surface area (Å²) in [6.45, 7) is 1.96. The van der Waals surface area contributed by atoms with Gasteiger partial charge in [0.1, 0.15) is 5.75 Å². The normalized spacial score (nSPS) is 14.4. The SMILES string of the molecule is COc1ccc(C(C)(N)c2sccc2Cl)cc1. The topological polar surface area (TPSA) is 35.2 Å². The van der Waals surface area contributed by atoms with E-state index in [1.165, 1.54) is 0 Å². The molecule has 2 aromatic rings. The molecule has 0 spiro atoms. The van der Waals surface area contributed by atoms with Gasteiger partial charge in [-0.15, -0.1) is 11.3 Å². The van der Waals surface area contributed by atoms with E-state index in [1.807, 2.05) is 42.6 Å². The van der Waals surface area contributed by atoms with Crippen LogP contribution in [0.1, 0.15) is 17.4 Å². The first-order valence-electron chi connectivity index (χ1n) is 5.22. The fourth-order valence-corrected chi connectivity index (χ4v) is 3.08. The van der Waals surface area contributed by atoms with Gasteiger partial charge in [0.2, 0.25) is 0 Å². The number of nitrogens with two attached hydrogens (primary N) is 1. The van der Waals surface area contributed by atoms with Gasteiger partial charge in [-0.25, -0.2) is 0 Å². The number of ether oxygens (including phenoxy) is 1. The van der Waals surface area contributed by atoms with Crippen molar-refractivity contribution in [3.8, 4) is 5.75 Å². The number of halogens is 1. The zero-order chi connectivity index (χ0) is 12.5. The minimum atomic E-state index is -0.572. The van der Waals surface area contributed by atoms with Gasteiger partial charge >= 0.3 is 0 Å². The molecular weight excluding hydrogens is 254 g/mol. The molecule has 1 aromatic carbocycles. The van der Waals surface area contributed by atoms with Gasteiger partial charge < -0.3 is 10.5 Å². The molecule has 90 valence electrons. The molecule has 1 unspecified atom stereocenters. The van der Waals surface area contributed by atoms with Crippen molar-refractivity contribution in [1.29, 1.82) is 0 Å². The quantitative estimate of drug-likeness (QED) is 0.922. The average molecular weight is 268 g/mol. The van der Waals surface area contributed by atoms with E-state index in [-0.39, 0.29) is 0 Å². The van der Waals surface area contributed by atoms with Gasteiger partial charge in [-0.05, 0) is 36.1 Å². The summed E-state index contributed by atoms with van der Waals surface area (Å²) in [5, 5.41) is 2.67. The average Bonchev–Trinajstić information content (AvgIpc) is 2.76. The summed E-state index contributed by atoms with van der Waals surface area (Å²) in [5.41, 5.74) is 6.83. The minimum Gasteiger partial charge on any atom is -0.497 e. The number of rotatable bonds is 3. The maximum absolute atomic E-state index is 6.38. The summed E-state index contributed by atoms with van der Waals surface area (Å²) in [4.78, 5) is 0.976. The number of benzene rings is 1. The van der Waals surface area contributed by atoms with Crippen LogP contribution in [0.25, 0.3) is 0 Å². The monoisotopic (exact) mass is 267 g/mol. The van der Waals surface area contributed by atoms with E-state index >= 15 is 0 Å². The number of hydrogen-bond acceptors (Lipinski definition) is 3. The Balaban J connectivity index is 2.40. The molecule has 17 heavy (non-hydrogen) atoms. The summed E-state index contributed by atoms with van der Waals surface area (Å²) in [7, 11) is 1.65. The fraction of sp³-hybridized carbons (Fsp3) is 0.231. The van der Waals surface area contributed by atoms with E-state index in [2.05, 4.69) is 0 Å². The first-order chi connectivity index (χ1) is 8.05. The molecule has 0 saturated heterocycles. The van der Waals surface area contributed by atoms with Gasteiger partial charge in [0.05, 0.1) is 17.7 Å². The van der Waals surface area contributed by atoms with Crippen molar-refractivity contribution in [3.63, 3.8) is 0 Å². The van der Waals surface area contributed by atoms with Crippen molar-refractivity contribution in [1.82, 2.24) is 0 Å². The second-order valence-electron chi connectivity index (χ2n) is 4.03. The Morgan fingerprint density at radius 3 is 2.35 bits per heavy atom. The second-order valence-corrected chi connectivity index (χ2v) is 5.35. The Kier molecular flexibility index (Phi) is 3.43. The third-order valence-corrected chi connectivity index (χ3v) is 4.36. The Hall–Kier alpha value is -1.03. The third kappa shape index (κ3) is 2.32. The highest BCUT2D eigenvalue weighted by Gasteiger charge is 2.27. The van der Waals surface area contributed by atoms with Gasteiger partial charge in [0.25, 0.3) is 0 Å². The molecule has 0 aliphatic heterocycles. The predicted molar refractivity (Wildman–Crippen MR) is 73.0 cm³/mol. The van der Waals surface area contributed by atoms with E-state index in [0.717, 1.165) is 21.2 Å². The Morgan fingerprint density at radius 1 is 1.24 bits per heavy atom. The van der Waals surface area contributed by atoms with Crippen molar-refractivity contribution >= 4 is 22.9 Å². The van der Waals surface area contributed by atoms with Crippen molar-refractivity contribution in [2.24, 2.45) is 5.73 Å². The first-order valence-corrected chi connectivity index (χ1v) is 6.48. The minimum absolute atomic E-state index is 0.572. The first kappa shape index (κ1) is 12.4. The van der Waals surface area contributed by atoms with Gasteiger partial charge in [-0.2, -0.15) is 0 Å². The Labute approximate surface area is 110 Å². The van der Waals surface area contributed by atoms with Crippen LogP contribution >= 0.6 is 22.9 Å². The van der Waals surface area contributed by atoms with Crippen molar-refractivity contribution < 1.29 is 4.74 Å². The molecular formula is C13H14ClNOS. The standard InChI is InChI=1S/C13H14ClNOS/c1-13(15,12-11(14)7-8-17-12)9-3-5-10(16-2)6-4-9/h3-8H,15H2,1-2H3. The van der Waals surface area contributed by atoms with Crippen molar-refractivity contribution in [2.75, 3.05) is 7.11 Å². The molecule has 0 saturated carbocycles. The van der Waals surface area contributed by atoms with Crippen LogP contribution in [-0.4, -0.2) is 7.11 Å². The lowest BCUT2D eigenvalue weighted by atomic mass is 9.91. The molecule has 0 bridgehead atoms. The predicted octanol–water partition coefficient (Wildman–Crippen LogP) is 3.63. The highest BCUT2D eigenvalue weighted by molar-refractivity contribution is 7.10. The van der Waals surface area contributed by atoms with Gasteiger partial charge in [-0.1, -0.05) is 23.7 Å². The zero-order valence-electron chi connectivity index (χ0n) is 9.74. The van der Waals surface area contributed by atoms with Crippen LogP contribution in [0, 0.1) is 0 Å². The molecule has 0 fully saturated rings. The lowest BCUT2D eigenvalue weighted by molar-refractivity contribution is 0.414. The van der Waals surface area contributed by atoms with Gasteiger partial charge in [0.15, 0.2) is 0 Å². The van der Waals surface area contributed by atoms with Gasteiger partial charge in [0, 0.05) is 4.88 Å². The summed E-state index contributed by atoms with van der Waals surface area (Å²) >= 11 is 7.71. The third-order valence-electron chi connectivity index (χ3n) is 2.78. The molecule has 0 radical (unpaired) electrons. The fourth-order valence-electron chi connectivity index (χ4n) is 1.73. The van der Waals surface area contributed by atoms with E-state index in [0.29, 0.717) is 0 Å². The van der Waals surface area contributed by atoms with Crippen LogP contribution in [0.5, 0.6) is 5.75 Å². The second kappa shape index (κ2) is 4.69. The number of thiophene rings is 1. The summed E-state index contributed by atoms with van der Waals surface area (Å²) in [6.07, 6.45) is 0. The van der Waals surface area contributed by atoms with Crippen molar-refractivity contribution in [2.45, 2.75) is 12.5 Å². The molecule has 0 aliphatic rings. The summed E-state index contributed by atoms with van der Waals surface area (Å²) in [5.74, 6) is 0.821. The maximum atomic E-state index is 6.38. The maximum Gasteiger partial charge on any atom is 0.118 e. The summed E-state index contributed by atoms with van der Waals surface area (Å²) < 4.78 is 5.13. The summed E-state index contributed by atoms with van der Waals surface area (Å²) in [6, 6.07) is 9.61. The van der Waals surface area contributed by atoms with Crippen molar-refractivity contribution in [3.05, 3.63) is 51.2 Å². The van der Waals surface area contributed by atoms with Crippen LogP contribution in [0.2, 0.25) is 5.02 Å². The molecule has 0 amide bonds. The lowest BCUT2D eigenvalue weighted by Gasteiger charge is -2.24. The zero-order valence-corrected chi connectivity index (χ0v) is 11.3. The molecule has 2 rings (SSSR count). The molecule has 2 N–H and O–H groups in total. The van der Waals surface area contributed by atoms with Crippen LogP contribution in [-0.2, 0) is 5.54 Å². The Morgan fingerprint density at radius 2 is 1.88 bits per heavy atom.